The Balaban J connectivity index is 1.99. The molecule has 2 heteroatoms. The minimum Gasteiger partial charge on any atom is -0.491 e. The maximum Gasteiger partial charge on any atom is 0.119 e. The largest absolute Gasteiger partial charge is 0.491 e. The highest BCUT2D eigenvalue weighted by Crippen LogP contribution is 2.63. The zero-order chi connectivity index (χ0) is 15.1. The smallest absolute Gasteiger partial charge is 0.119 e. The SMILES string of the molecule is CC(C)Oc1ccc(C(C)NC2C(C)(C)C2(C)C)cc1. The van der Waals surface area contributed by atoms with Gasteiger partial charge >= 0.3 is 0 Å². The third-order valence-corrected chi connectivity index (χ3v) is 5.19. The summed E-state index contributed by atoms with van der Waals surface area (Å²) in [4.78, 5) is 0. The lowest BCUT2D eigenvalue weighted by Crippen LogP contribution is -2.25. The van der Waals surface area contributed by atoms with Gasteiger partial charge in [-0.15, -0.1) is 0 Å². The summed E-state index contributed by atoms with van der Waals surface area (Å²) >= 11 is 0. The topological polar surface area (TPSA) is 21.3 Å². The molecule has 0 bridgehead atoms. The van der Waals surface area contributed by atoms with Crippen LogP contribution < -0.4 is 10.1 Å². The molecular weight excluding hydrogens is 246 g/mol. The second-order valence-electron chi connectivity index (χ2n) is 7.50. The van der Waals surface area contributed by atoms with Gasteiger partial charge < -0.3 is 10.1 Å². The van der Waals surface area contributed by atoms with Crippen molar-refractivity contribution in [3.05, 3.63) is 29.8 Å². The van der Waals surface area contributed by atoms with E-state index in [1.165, 1.54) is 5.56 Å². The molecule has 1 aliphatic rings. The van der Waals surface area contributed by atoms with Gasteiger partial charge in [0.2, 0.25) is 0 Å². The van der Waals surface area contributed by atoms with E-state index in [4.69, 9.17) is 4.74 Å². The summed E-state index contributed by atoms with van der Waals surface area (Å²) < 4.78 is 5.69. The van der Waals surface area contributed by atoms with Gasteiger partial charge in [-0.05, 0) is 49.3 Å². The van der Waals surface area contributed by atoms with Gasteiger partial charge in [0.15, 0.2) is 0 Å². The van der Waals surface area contributed by atoms with Gasteiger partial charge in [-0.25, -0.2) is 0 Å². The van der Waals surface area contributed by atoms with Gasteiger partial charge in [-0.3, -0.25) is 0 Å². The number of nitrogens with one attached hydrogen (secondary N) is 1. The van der Waals surface area contributed by atoms with E-state index in [0.717, 1.165) is 5.75 Å². The molecule has 0 aliphatic heterocycles. The lowest BCUT2D eigenvalue weighted by Gasteiger charge is -2.17. The van der Waals surface area contributed by atoms with Crippen molar-refractivity contribution in [2.75, 3.05) is 0 Å². The highest BCUT2D eigenvalue weighted by molar-refractivity contribution is 5.30. The Morgan fingerprint density at radius 1 is 0.950 bits per heavy atom. The third kappa shape index (κ3) is 2.71. The summed E-state index contributed by atoms with van der Waals surface area (Å²) in [6.07, 6.45) is 0.226. The predicted molar refractivity (Wildman–Crippen MR) is 85.1 cm³/mol. The van der Waals surface area contributed by atoms with Crippen molar-refractivity contribution in [1.29, 1.82) is 0 Å². The average molecular weight is 275 g/mol. The van der Waals surface area contributed by atoms with Crippen LogP contribution in [0.15, 0.2) is 24.3 Å². The zero-order valence-electron chi connectivity index (χ0n) is 13.9. The molecule has 1 fully saturated rings. The van der Waals surface area contributed by atoms with E-state index in [1.54, 1.807) is 0 Å². The van der Waals surface area contributed by atoms with E-state index in [2.05, 4.69) is 78.0 Å². The van der Waals surface area contributed by atoms with Crippen LogP contribution in [0.3, 0.4) is 0 Å². The Morgan fingerprint density at radius 3 is 1.85 bits per heavy atom. The molecule has 0 amide bonds. The number of hydrogen-bond donors (Lipinski definition) is 1. The molecule has 1 atom stereocenters. The molecule has 1 aromatic carbocycles. The Bertz CT molecular complexity index is 445. The van der Waals surface area contributed by atoms with Gasteiger partial charge in [0.1, 0.15) is 5.75 Å². The first kappa shape index (κ1) is 15.4. The summed E-state index contributed by atoms with van der Waals surface area (Å²) in [5, 5.41) is 3.77. The average Bonchev–Trinajstić information content (AvgIpc) is 2.72. The molecule has 0 spiro atoms. The summed E-state index contributed by atoms with van der Waals surface area (Å²) in [6.45, 7) is 15.7. The molecule has 1 aliphatic carbocycles. The second kappa shape index (κ2) is 5.07. The van der Waals surface area contributed by atoms with Crippen molar-refractivity contribution in [1.82, 2.24) is 5.32 Å². The number of hydrogen-bond acceptors (Lipinski definition) is 2. The quantitative estimate of drug-likeness (QED) is 0.850. The van der Waals surface area contributed by atoms with E-state index in [-0.39, 0.29) is 6.10 Å². The molecule has 0 saturated heterocycles. The summed E-state index contributed by atoms with van der Waals surface area (Å²) in [5.41, 5.74) is 2.07. The van der Waals surface area contributed by atoms with Gasteiger partial charge in [0.25, 0.3) is 0 Å². The van der Waals surface area contributed by atoms with Crippen molar-refractivity contribution < 1.29 is 4.74 Å². The molecular formula is C18H29NO. The van der Waals surface area contributed by atoms with Crippen molar-refractivity contribution in [2.45, 2.75) is 66.7 Å². The maximum absolute atomic E-state index is 5.69. The standard InChI is InChI=1S/C18H29NO/c1-12(2)20-15-10-8-14(9-11-15)13(3)19-16-17(4,5)18(16,6)7/h8-13,16,19H,1-7H3. The van der Waals surface area contributed by atoms with E-state index in [1.807, 2.05) is 0 Å². The van der Waals surface area contributed by atoms with Gasteiger partial charge in [-0.2, -0.15) is 0 Å². The lowest BCUT2D eigenvalue weighted by atomic mass is 10.0. The van der Waals surface area contributed by atoms with Crippen molar-refractivity contribution in [3.63, 3.8) is 0 Å². The Hall–Kier alpha value is -1.02. The normalized spacial score (nSPS) is 21.8. The van der Waals surface area contributed by atoms with E-state index < -0.39 is 0 Å². The fourth-order valence-corrected chi connectivity index (χ4v) is 3.07. The molecule has 1 saturated carbocycles. The highest BCUT2D eigenvalue weighted by Gasteiger charge is 2.64. The van der Waals surface area contributed by atoms with Crippen molar-refractivity contribution in [2.24, 2.45) is 10.8 Å². The molecule has 2 rings (SSSR count). The van der Waals surface area contributed by atoms with Crippen LogP contribution in [-0.2, 0) is 0 Å². The first-order valence-electron chi connectivity index (χ1n) is 7.69. The summed E-state index contributed by atoms with van der Waals surface area (Å²) in [5.74, 6) is 0.947. The van der Waals surface area contributed by atoms with Gasteiger partial charge in [-0.1, -0.05) is 39.8 Å². The fourth-order valence-electron chi connectivity index (χ4n) is 3.07. The van der Waals surface area contributed by atoms with E-state index >= 15 is 0 Å². The molecule has 1 unspecified atom stereocenters. The first-order chi connectivity index (χ1) is 9.16. The summed E-state index contributed by atoms with van der Waals surface area (Å²) in [6, 6.07) is 9.41. The third-order valence-electron chi connectivity index (χ3n) is 5.19. The Labute approximate surface area is 123 Å². The molecule has 1 aromatic rings. The van der Waals surface area contributed by atoms with Crippen LogP contribution in [0.25, 0.3) is 0 Å². The second-order valence-corrected chi connectivity index (χ2v) is 7.50. The Kier molecular flexibility index (Phi) is 3.90. The molecule has 1 N–H and O–H groups in total. The maximum atomic E-state index is 5.69. The molecule has 2 nitrogen and oxygen atoms in total. The van der Waals surface area contributed by atoms with Gasteiger partial charge in [0, 0.05) is 12.1 Å². The van der Waals surface area contributed by atoms with Crippen LogP contribution in [0.1, 0.15) is 60.1 Å². The van der Waals surface area contributed by atoms with Crippen LogP contribution in [0.4, 0.5) is 0 Å². The molecule has 0 heterocycles. The fraction of sp³-hybridized carbons (Fsp3) is 0.667. The number of ether oxygens (including phenoxy) is 1. The number of rotatable bonds is 5. The van der Waals surface area contributed by atoms with E-state index in [0.29, 0.717) is 22.9 Å². The van der Waals surface area contributed by atoms with Gasteiger partial charge in [0.05, 0.1) is 6.10 Å². The van der Waals surface area contributed by atoms with Crippen molar-refractivity contribution in [3.8, 4) is 5.75 Å². The van der Waals surface area contributed by atoms with Crippen LogP contribution in [0, 0.1) is 10.8 Å². The van der Waals surface area contributed by atoms with Crippen molar-refractivity contribution >= 4 is 0 Å². The predicted octanol–water partition coefficient (Wildman–Crippen LogP) is 4.56. The molecule has 20 heavy (non-hydrogen) atoms. The van der Waals surface area contributed by atoms with Crippen LogP contribution in [-0.4, -0.2) is 12.1 Å². The minimum absolute atomic E-state index is 0.226. The summed E-state index contributed by atoms with van der Waals surface area (Å²) in [7, 11) is 0. The molecule has 0 radical (unpaired) electrons. The minimum atomic E-state index is 0.226. The van der Waals surface area contributed by atoms with Crippen LogP contribution >= 0.6 is 0 Å². The van der Waals surface area contributed by atoms with E-state index in [9.17, 15) is 0 Å². The number of benzene rings is 1. The van der Waals surface area contributed by atoms with Crippen LogP contribution in [0.5, 0.6) is 5.75 Å². The molecule has 112 valence electrons. The molecule has 0 aromatic heterocycles. The highest BCUT2D eigenvalue weighted by atomic mass is 16.5. The lowest BCUT2D eigenvalue weighted by molar-refractivity contribution is 0.242. The zero-order valence-corrected chi connectivity index (χ0v) is 13.9. The monoisotopic (exact) mass is 275 g/mol. The Morgan fingerprint density at radius 2 is 1.45 bits per heavy atom. The first-order valence-corrected chi connectivity index (χ1v) is 7.69. The van der Waals surface area contributed by atoms with Crippen LogP contribution in [0.2, 0.25) is 0 Å².